The number of carbonyl (C=O) groups excluding carboxylic acids is 1. The van der Waals surface area contributed by atoms with Gasteiger partial charge in [-0.2, -0.15) is 4.98 Å². The van der Waals surface area contributed by atoms with Crippen LogP contribution in [0.1, 0.15) is 23.5 Å². The van der Waals surface area contributed by atoms with Crippen molar-refractivity contribution in [1.82, 2.24) is 20.1 Å². The third-order valence-electron chi connectivity index (χ3n) is 3.79. The van der Waals surface area contributed by atoms with Crippen LogP contribution in [0, 0.1) is 11.7 Å². The third-order valence-corrected chi connectivity index (χ3v) is 3.79. The van der Waals surface area contributed by atoms with Crippen molar-refractivity contribution in [2.45, 2.75) is 12.8 Å². The largest absolute Gasteiger partial charge is 0.493 e. The lowest BCUT2D eigenvalue weighted by molar-refractivity contribution is 0.0621. The summed E-state index contributed by atoms with van der Waals surface area (Å²) in [5, 5.41) is 6.20. The Hall–Kier alpha value is -2.64. The van der Waals surface area contributed by atoms with E-state index in [0.29, 0.717) is 25.4 Å². The normalized spacial score (nSPS) is 18.0. The number of hydrogen-bond acceptors (Lipinski definition) is 5. The van der Waals surface area contributed by atoms with Crippen molar-refractivity contribution in [3.63, 3.8) is 0 Å². The number of aromatic amines is 1. The second-order valence-electron chi connectivity index (χ2n) is 5.57. The molecule has 1 unspecified atom stereocenters. The summed E-state index contributed by atoms with van der Waals surface area (Å²) in [5.41, 5.74) is 5.42. The zero-order valence-corrected chi connectivity index (χ0v) is 12.5. The first kappa shape index (κ1) is 15.3. The van der Waals surface area contributed by atoms with Crippen LogP contribution in [-0.2, 0) is 0 Å². The predicted molar refractivity (Wildman–Crippen MR) is 81.3 cm³/mol. The molecule has 1 aliphatic heterocycles. The minimum Gasteiger partial charge on any atom is -0.493 e. The van der Waals surface area contributed by atoms with E-state index in [4.69, 9.17) is 10.5 Å². The summed E-state index contributed by atoms with van der Waals surface area (Å²) >= 11 is 0. The van der Waals surface area contributed by atoms with Crippen LogP contribution >= 0.6 is 0 Å². The van der Waals surface area contributed by atoms with Crippen LogP contribution in [0.2, 0.25) is 0 Å². The molecule has 1 aromatic heterocycles. The van der Waals surface area contributed by atoms with Gasteiger partial charge >= 0.3 is 0 Å². The van der Waals surface area contributed by atoms with E-state index < -0.39 is 0 Å². The molecule has 1 amide bonds. The van der Waals surface area contributed by atoms with Crippen LogP contribution in [0.5, 0.6) is 5.75 Å². The Morgan fingerprint density at radius 1 is 1.52 bits per heavy atom. The molecule has 3 rings (SSSR count). The molecule has 1 aliphatic rings. The average Bonchev–Trinajstić information content (AvgIpc) is 2.99. The maximum absolute atomic E-state index is 13.1. The van der Waals surface area contributed by atoms with Gasteiger partial charge in [0.2, 0.25) is 11.8 Å². The fourth-order valence-electron chi connectivity index (χ4n) is 2.68. The molecular formula is C15H18FN5O2. The lowest BCUT2D eigenvalue weighted by Crippen LogP contribution is -2.42. The van der Waals surface area contributed by atoms with Gasteiger partial charge in [-0.25, -0.2) is 4.39 Å². The Morgan fingerprint density at radius 2 is 2.39 bits per heavy atom. The van der Waals surface area contributed by atoms with Crippen LogP contribution in [0.25, 0.3) is 0 Å². The van der Waals surface area contributed by atoms with Crippen molar-refractivity contribution < 1.29 is 13.9 Å². The van der Waals surface area contributed by atoms with Crippen molar-refractivity contribution in [2.75, 3.05) is 25.4 Å². The van der Waals surface area contributed by atoms with Crippen molar-refractivity contribution >= 4 is 11.9 Å². The summed E-state index contributed by atoms with van der Waals surface area (Å²) in [6.45, 7) is 1.66. The predicted octanol–water partition coefficient (Wildman–Crippen LogP) is 1.46. The smallest absolute Gasteiger partial charge is 0.291 e. The second kappa shape index (κ2) is 6.64. The number of nitrogens with zero attached hydrogens (tertiary/aromatic N) is 3. The molecule has 2 heterocycles. The number of amides is 1. The number of nitrogen functional groups attached to an aromatic ring is 1. The molecule has 0 aliphatic carbocycles. The Balaban J connectivity index is 1.56. The Kier molecular flexibility index (Phi) is 4.40. The standard InChI is InChI=1S/C15H18FN5O2/c16-11-4-1-5-12(7-11)23-9-10-3-2-6-21(8-10)14(22)13-18-15(17)20-19-13/h1,4-5,7,10H,2-3,6,8-9H2,(H3,17,18,19,20). The highest BCUT2D eigenvalue weighted by Gasteiger charge is 2.26. The molecule has 3 N–H and O–H groups in total. The number of anilines is 1. The number of benzene rings is 1. The second-order valence-corrected chi connectivity index (χ2v) is 5.57. The highest BCUT2D eigenvalue weighted by molar-refractivity contribution is 5.90. The number of halogens is 1. The van der Waals surface area contributed by atoms with Crippen molar-refractivity contribution in [3.05, 3.63) is 35.9 Å². The van der Waals surface area contributed by atoms with Crippen LogP contribution in [0.4, 0.5) is 10.3 Å². The third kappa shape index (κ3) is 3.77. The quantitative estimate of drug-likeness (QED) is 0.889. The van der Waals surface area contributed by atoms with E-state index >= 15 is 0 Å². The Morgan fingerprint density at radius 3 is 3.13 bits per heavy atom. The van der Waals surface area contributed by atoms with E-state index in [1.54, 1.807) is 17.0 Å². The molecule has 1 atom stereocenters. The molecule has 1 fully saturated rings. The van der Waals surface area contributed by atoms with E-state index in [0.717, 1.165) is 12.8 Å². The first-order valence-corrected chi connectivity index (χ1v) is 7.47. The van der Waals surface area contributed by atoms with E-state index in [1.807, 2.05) is 0 Å². The van der Waals surface area contributed by atoms with Gasteiger partial charge in [-0.05, 0) is 25.0 Å². The van der Waals surface area contributed by atoms with Gasteiger partial charge in [0.15, 0.2) is 0 Å². The molecule has 0 radical (unpaired) electrons. The molecule has 0 spiro atoms. The molecule has 8 heteroatoms. The number of aromatic nitrogens is 3. The minimum atomic E-state index is -0.328. The SMILES string of the molecule is Nc1n[nH]c(C(=O)N2CCCC(COc3cccc(F)c3)C2)n1. The van der Waals surface area contributed by atoms with E-state index in [1.165, 1.54) is 12.1 Å². The van der Waals surface area contributed by atoms with Gasteiger partial charge in [0.05, 0.1) is 6.61 Å². The van der Waals surface area contributed by atoms with E-state index in [-0.39, 0.29) is 29.4 Å². The lowest BCUT2D eigenvalue weighted by Gasteiger charge is -2.32. The number of H-pyrrole nitrogens is 1. The Labute approximate surface area is 132 Å². The summed E-state index contributed by atoms with van der Waals surface area (Å²) in [6.07, 6.45) is 1.84. The number of rotatable bonds is 4. The molecular weight excluding hydrogens is 301 g/mol. The number of carbonyl (C=O) groups is 1. The summed E-state index contributed by atoms with van der Waals surface area (Å²) in [7, 11) is 0. The number of ether oxygens (including phenoxy) is 1. The molecule has 23 heavy (non-hydrogen) atoms. The monoisotopic (exact) mass is 319 g/mol. The van der Waals surface area contributed by atoms with Crippen molar-refractivity contribution in [3.8, 4) is 5.75 Å². The fraction of sp³-hybridized carbons (Fsp3) is 0.400. The van der Waals surface area contributed by atoms with Crippen LogP contribution < -0.4 is 10.5 Å². The lowest BCUT2D eigenvalue weighted by atomic mass is 9.99. The highest BCUT2D eigenvalue weighted by Crippen LogP contribution is 2.20. The molecule has 0 saturated carbocycles. The van der Waals surface area contributed by atoms with Crippen molar-refractivity contribution in [1.29, 1.82) is 0 Å². The molecule has 2 aromatic rings. The summed E-state index contributed by atoms with van der Waals surface area (Å²) in [6, 6.07) is 6.04. The van der Waals surface area contributed by atoms with Crippen LogP contribution in [0.3, 0.4) is 0 Å². The fourth-order valence-corrected chi connectivity index (χ4v) is 2.68. The number of nitrogens with one attached hydrogen (secondary N) is 1. The maximum Gasteiger partial charge on any atom is 0.291 e. The number of nitrogens with two attached hydrogens (primary N) is 1. The number of piperidine rings is 1. The zero-order chi connectivity index (χ0) is 16.2. The van der Waals surface area contributed by atoms with Gasteiger partial charge in [-0.3, -0.25) is 9.89 Å². The summed E-state index contributed by atoms with van der Waals surface area (Å²) in [5.74, 6) is 0.341. The number of likely N-dealkylation sites (tertiary alicyclic amines) is 1. The zero-order valence-electron chi connectivity index (χ0n) is 12.5. The maximum atomic E-state index is 13.1. The van der Waals surface area contributed by atoms with Gasteiger partial charge in [0.1, 0.15) is 11.6 Å². The molecule has 0 bridgehead atoms. The summed E-state index contributed by atoms with van der Waals surface area (Å²) in [4.78, 5) is 17.9. The number of hydrogen-bond donors (Lipinski definition) is 2. The van der Waals surface area contributed by atoms with E-state index in [2.05, 4.69) is 15.2 Å². The molecule has 122 valence electrons. The van der Waals surface area contributed by atoms with Crippen molar-refractivity contribution in [2.24, 2.45) is 5.92 Å². The molecule has 1 saturated heterocycles. The first-order chi connectivity index (χ1) is 11.1. The van der Waals surface area contributed by atoms with Gasteiger partial charge in [0.25, 0.3) is 5.91 Å². The van der Waals surface area contributed by atoms with Crippen LogP contribution in [-0.4, -0.2) is 45.7 Å². The topological polar surface area (TPSA) is 97.1 Å². The first-order valence-electron chi connectivity index (χ1n) is 7.47. The van der Waals surface area contributed by atoms with Gasteiger partial charge < -0.3 is 15.4 Å². The van der Waals surface area contributed by atoms with Crippen LogP contribution in [0.15, 0.2) is 24.3 Å². The highest BCUT2D eigenvalue weighted by atomic mass is 19.1. The van der Waals surface area contributed by atoms with Gasteiger partial charge in [0, 0.05) is 25.1 Å². The minimum absolute atomic E-state index is 0.0522. The van der Waals surface area contributed by atoms with Gasteiger partial charge in [-0.1, -0.05) is 6.07 Å². The van der Waals surface area contributed by atoms with Gasteiger partial charge in [-0.15, -0.1) is 5.10 Å². The van der Waals surface area contributed by atoms with E-state index in [9.17, 15) is 9.18 Å². The molecule has 7 nitrogen and oxygen atoms in total. The molecule has 1 aromatic carbocycles. The average molecular weight is 319 g/mol. The summed E-state index contributed by atoms with van der Waals surface area (Å²) < 4.78 is 18.8. The Bertz CT molecular complexity index is 690.